The highest BCUT2D eigenvalue weighted by Crippen LogP contribution is 2.34. The first-order chi connectivity index (χ1) is 20.0. The van der Waals surface area contributed by atoms with Crippen LogP contribution < -0.4 is 34.5 Å². The molecule has 0 amide bonds. The van der Waals surface area contributed by atoms with E-state index in [1.807, 2.05) is 18.2 Å². The molecule has 220 valence electrons. The van der Waals surface area contributed by atoms with E-state index in [9.17, 15) is 8.78 Å². The molecule has 2 aliphatic rings. The second-order valence-corrected chi connectivity index (χ2v) is 9.78. The monoisotopic (exact) mass is 571 g/mol. The van der Waals surface area contributed by atoms with E-state index in [-0.39, 0.29) is 11.3 Å². The number of anilines is 3. The van der Waals surface area contributed by atoms with Crippen LogP contribution in [0.15, 0.2) is 30.6 Å². The van der Waals surface area contributed by atoms with Crippen molar-refractivity contribution in [2.45, 2.75) is 25.5 Å². The number of nitrogens with zero attached hydrogens (tertiary/aromatic N) is 5. The van der Waals surface area contributed by atoms with Crippen LogP contribution in [0.4, 0.5) is 26.1 Å². The van der Waals surface area contributed by atoms with Gasteiger partial charge >= 0.3 is 0 Å². The Morgan fingerprint density at radius 3 is 2.20 bits per heavy atom. The number of benzene rings is 1. The number of rotatable bonds is 10. The summed E-state index contributed by atoms with van der Waals surface area (Å²) in [6, 6.07) is 6.56. The highest BCUT2D eigenvalue weighted by atomic mass is 19.1. The number of hydrogen-bond donors (Lipinski definition) is 2. The van der Waals surface area contributed by atoms with Crippen molar-refractivity contribution < 1.29 is 27.7 Å². The molecule has 41 heavy (non-hydrogen) atoms. The SMILES string of the molecule is COc1cc(Nc2ncc(OCc3c(F)c(OC)nc(OC)c3F)cn2)ccc1N1CCC(N2CCNCC2)CC1. The molecule has 2 fully saturated rings. The van der Waals surface area contributed by atoms with Gasteiger partial charge in [0.05, 0.1) is 45.0 Å². The lowest BCUT2D eigenvalue weighted by molar-refractivity contribution is 0.150. The van der Waals surface area contributed by atoms with Gasteiger partial charge < -0.3 is 34.5 Å². The van der Waals surface area contributed by atoms with Gasteiger partial charge in [0.1, 0.15) is 12.4 Å². The molecule has 2 aromatic heterocycles. The minimum atomic E-state index is -0.966. The minimum Gasteiger partial charge on any atom is -0.495 e. The second-order valence-electron chi connectivity index (χ2n) is 9.78. The van der Waals surface area contributed by atoms with Crippen LogP contribution in [-0.2, 0) is 6.61 Å². The number of piperazine rings is 1. The molecule has 0 unspecified atom stereocenters. The Balaban J connectivity index is 1.19. The maximum Gasteiger partial charge on any atom is 0.254 e. The molecule has 3 aromatic rings. The Bertz CT molecular complexity index is 1290. The molecule has 1 aromatic carbocycles. The van der Waals surface area contributed by atoms with Gasteiger partial charge in [0.2, 0.25) is 5.95 Å². The number of pyridine rings is 1. The first-order valence-corrected chi connectivity index (χ1v) is 13.6. The molecule has 0 aliphatic carbocycles. The zero-order valence-corrected chi connectivity index (χ0v) is 23.5. The quantitative estimate of drug-likeness (QED) is 0.374. The third-order valence-corrected chi connectivity index (χ3v) is 7.42. The van der Waals surface area contributed by atoms with Crippen LogP contribution >= 0.6 is 0 Å². The summed E-state index contributed by atoms with van der Waals surface area (Å²) in [6.45, 7) is 5.90. The summed E-state index contributed by atoms with van der Waals surface area (Å²) in [4.78, 5) is 17.2. The zero-order chi connectivity index (χ0) is 28.8. The lowest BCUT2D eigenvalue weighted by Gasteiger charge is -2.41. The minimum absolute atomic E-state index is 0.223. The molecule has 11 nitrogen and oxygen atoms in total. The van der Waals surface area contributed by atoms with Crippen LogP contribution in [0.5, 0.6) is 23.3 Å². The highest BCUT2D eigenvalue weighted by molar-refractivity contribution is 5.67. The van der Waals surface area contributed by atoms with Crippen LogP contribution in [-0.4, -0.2) is 86.5 Å². The fraction of sp³-hybridized carbons (Fsp3) is 0.464. The Kier molecular flexibility index (Phi) is 9.14. The van der Waals surface area contributed by atoms with Crippen LogP contribution in [0, 0.1) is 11.6 Å². The molecule has 13 heteroatoms. The number of nitrogens with one attached hydrogen (secondary N) is 2. The van der Waals surface area contributed by atoms with Crippen LogP contribution in [0.2, 0.25) is 0 Å². The van der Waals surface area contributed by atoms with Gasteiger partial charge in [-0.05, 0) is 25.0 Å². The summed E-state index contributed by atoms with van der Waals surface area (Å²) in [5.41, 5.74) is 1.44. The van der Waals surface area contributed by atoms with Crippen molar-refractivity contribution in [3.63, 3.8) is 0 Å². The molecule has 0 radical (unpaired) electrons. The average Bonchev–Trinajstić information content (AvgIpc) is 3.02. The summed E-state index contributed by atoms with van der Waals surface area (Å²) in [7, 11) is 4.12. The largest absolute Gasteiger partial charge is 0.495 e. The molecule has 2 N–H and O–H groups in total. The first-order valence-electron chi connectivity index (χ1n) is 13.6. The van der Waals surface area contributed by atoms with Crippen molar-refractivity contribution in [1.29, 1.82) is 0 Å². The van der Waals surface area contributed by atoms with Gasteiger partial charge in [-0.25, -0.2) is 18.7 Å². The van der Waals surface area contributed by atoms with Crippen molar-refractivity contribution in [2.24, 2.45) is 0 Å². The van der Waals surface area contributed by atoms with Gasteiger partial charge in [-0.2, -0.15) is 4.98 Å². The Morgan fingerprint density at radius 2 is 1.59 bits per heavy atom. The fourth-order valence-corrected chi connectivity index (χ4v) is 5.22. The predicted octanol–water partition coefficient (Wildman–Crippen LogP) is 3.37. The summed E-state index contributed by atoms with van der Waals surface area (Å²) < 4.78 is 50.0. The number of methoxy groups -OCH3 is 3. The van der Waals surface area contributed by atoms with Gasteiger partial charge in [-0.3, -0.25) is 4.90 Å². The molecule has 0 saturated carbocycles. The smallest absolute Gasteiger partial charge is 0.254 e. The molecule has 4 heterocycles. The summed E-state index contributed by atoms with van der Waals surface area (Å²) in [6.07, 6.45) is 5.09. The molecular weight excluding hydrogens is 536 g/mol. The van der Waals surface area contributed by atoms with E-state index in [0.717, 1.165) is 69.2 Å². The number of piperidine rings is 1. The van der Waals surface area contributed by atoms with E-state index >= 15 is 0 Å². The van der Waals surface area contributed by atoms with E-state index in [1.54, 1.807) is 7.11 Å². The van der Waals surface area contributed by atoms with Gasteiger partial charge in [-0.1, -0.05) is 0 Å². The van der Waals surface area contributed by atoms with Crippen LogP contribution in [0.1, 0.15) is 18.4 Å². The van der Waals surface area contributed by atoms with Crippen molar-refractivity contribution in [3.05, 3.63) is 47.8 Å². The lowest BCUT2D eigenvalue weighted by atomic mass is 10.0. The zero-order valence-electron chi connectivity index (χ0n) is 23.5. The van der Waals surface area contributed by atoms with E-state index in [4.69, 9.17) is 18.9 Å². The van der Waals surface area contributed by atoms with E-state index < -0.39 is 30.0 Å². The molecule has 5 rings (SSSR count). The Hall–Kier alpha value is -3.97. The van der Waals surface area contributed by atoms with Gasteiger partial charge in [0.25, 0.3) is 11.8 Å². The topological polar surface area (TPSA) is 106 Å². The average molecular weight is 572 g/mol. The maximum absolute atomic E-state index is 14.5. The summed E-state index contributed by atoms with van der Waals surface area (Å²) >= 11 is 0. The highest BCUT2D eigenvalue weighted by Gasteiger charge is 2.27. The molecule has 0 spiro atoms. The molecule has 0 bridgehead atoms. The van der Waals surface area contributed by atoms with E-state index in [2.05, 4.69) is 35.4 Å². The molecular formula is C28H35F2N7O4. The third-order valence-electron chi connectivity index (χ3n) is 7.42. The molecule has 2 saturated heterocycles. The first kappa shape index (κ1) is 28.6. The van der Waals surface area contributed by atoms with Gasteiger partial charge in [0.15, 0.2) is 17.4 Å². The lowest BCUT2D eigenvalue weighted by Crippen LogP contribution is -2.52. The third kappa shape index (κ3) is 6.51. The normalized spacial score (nSPS) is 16.4. The number of halogens is 2. The maximum atomic E-state index is 14.5. The van der Waals surface area contributed by atoms with Crippen LogP contribution in [0.25, 0.3) is 0 Å². The number of hydrogen-bond acceptors (Lipinski definition) is 11. The standard InChI is InChI=1S/C28H35F2N7O4/c1-38-23-14-18(4-5-22(23)37-10-6-19(7-11-37)36-12-8-31-9-13-36)34-28-32-15-20(16-33-28)41-17-21-24(29)26(39-2)35-27(40-3)25(21)30/h4-5,14-16,19,31H,6-13,17H2,1-3H3,(H,32,33,34). The summed E-state index contributed by atoms with van der Waals surface area (Å²) in [5.74, 6) is -1.40. The predicted molar refractivity (Wildman–Crippen MR) is 150 cm³/mol. The van der Waals surface area contributed by atoms with Crippen LogP contribution in [0.3, 0.4) is 0 Å². The van der Waals surface area contributed by atoms with Crippen molar-refractivity contribution in [3.8, 4) is 23.3 Å². The van der Waals surface area contributed by atoms with E-state index in [0.29, 0.717) is 12.0 Å². The van der Waals surface area contributed by atoms with E-state index in [1.165, 1.54) is 26.6 Å². The van der Waals surface area contributed by atoms with Crippen molar-refractivity contribution in [1.82, 2.24) is 25.2 Å². The molecule has 2 aliphatic heterocycles. The Labute approximate surface area is 237 Å². The second kappa shape index (κ2) is 13.1. The number of aromatic nitrogens is 3. The molecule has 0 atom stereocenters. The van der Waals surface area contributed by atoms with Crippen molar-refractivity contribution in [2.75, 3.05) is 70.8 Å². The fourth-order valence-electron chi connectivity index (χ4n) is 5.22. The van der Waals surface area contributed by atoms with Gasteiger partial charge in [0, 0.05) is 57.1 Å². The van der Waals surface area contributed by atoms with Crippen molar-refractivity contribution >= 4 is 17.3 Å². The number of ether oxygens (including phenoxy) is 4. The Morgan fingerprint density at radius 1 is 0.927 bits per heavy atom. The summed E-state index contributed by atoms with van der Waals surface area (Å²) in [5, 5.41) is 6.59. The van der Waals surface area contributed by atoms with Gasteiger partial charge in [-0.15, -0.1) is 0 Å².